The van der Waals surface area contributed by atoms with Gasteiger partial charge < -0.3 is 9.64 Å². The number of nitrogens with zero attached hydrogens (tertiary/aromatic N) is 3. The van der Waals surface area contributed by atoms with Gasteiger partial charge in [-0.2, -0.15) is 0 Å². The van der Waals surface area contributed by atoms with Gasteiger partial charge in [-0.15, -0.1) is 0 Å². The average molecular weight is 468 g/mol. The molecule has 2 aromatic carbocycles. The number of carbonyl (C=O) groups excluding carboxylic acids is 3. The Morgan fingerprint density at radius 1 is 1.09 bits per heavy atom. The number of rotatable bonds is 7. The molecule has 0 saturated carbocycles. The van der Waals surface area contributed by atoms with E-state index >= 15 is 0 Å². The molecule has 0 unspecified atom stereocenters. The average Bonchev–Trinajstić information content (AvgIpc) is 3.44. The maximum atomic E-state index is 12.8. The van der Waals surface area contributed by atoms with Crippen molar-refractivity contribution in [2.75, 3.05) is 19.6 Å². The minimum Gasteiger partial charge on any atom is -0.488 e. The molecule has 2 aliphatic heterocycles. The Kier molecular flexibility index (Phi) is 6.74. The van der Waals surface area contributed by atoms with Crippen LogP contribution in [0.5, 0.6) is 5.75 Å². The van der Waals surface area contributed by atoms with Crippen LogP contribution in [0.2, 0.25) is 0 Å². The molecule has 2 saturated heterocycles. The van der Waals surface area contributed by atoms with Crippen LogP contribution in [0, 0.1) is 10.1 Å². The van der Waals surface area contributed by atoms with Crippen LogP contribution in [0.4, 0.5) is 10.5 Å². The maximum Gasteiger partial charge on any atom is 0.294 e. The number of ether oxygens (including phenoxy) is 1. The van der Waals surface area contributed by atoms with Gasteiger partial charge in [0, 0.05) is 30.8 Å². The Morgan fingerprint density at radius 3 is 2.48 bits per heavy atom. The molecule has 0 N–H and O–H groups in total. The predicted octanol–water partition coefficient (Wildman–Crippen LogP) is 3.83. The predicted molar refractivity (Wildman–Crippen MR) is 122 cm³/mol. The maximum absolute atomic E-state index is 12.8. The molecule has 0 spiro atoms. The lowest BCUT2D eigenvalue weighted by molar-refractivity contribution is -0.384. The summed E-state index contributed by atoms with van der Waals surface area (Å²) in [4.78, 5) is 50.8. The zero-order valence-corrected chi connectivity index (χ0v) is 18.5. The molecule has 3 amide bonds. The summed E-state index contributed by atoms with van der Waals surface area (Å²) in [7, 11) is 0. The van der Waals surface area contributed by atoms with E-state index in [2.05, 4.69) is 0 Å². The molecule has 2 fully saturated rings. The number of nitro benzene ring substituents is 1. The van der Waals surface area contributed by atoms with Gasteiger partial charge in [0.05, 0.1) is 9.83 Å². The summed E-state index contributed by atoms with van der Waals surface area (Å²) in [6.07, 6.45) is 3.45. The Bertz CT molecular complexity index is 1130. The third kappa shape index (κ3) is 5.23. The molecule has 10 heteroatoms. The van der Waals surface area contributed by atoms with Crippen molar-refractivity contribution >= 4 is 40.6 Å². The van der Waals surface area contributed by atoms with Crippen LogP contribution in [0.1, 0.15) is 24.0 Å². The van der Waals surface area contributed by atoms with Gasteiger partial charge in [0.25, 0.3) is 16.8 Å². The molecule has 170 valence electrons. The number of amides is 3. The van der Waals surface area contributed by atoms with E-state index in [1.807, 2.05) is 0 Å². The number of non-ortho nitro benzene ring substituents is 1. The number of hydrogen-bond donors (Lipinski definition) is 0. The first-order chi connectivity index (χ1) is 15.9. The zero-order valence-electron chi connectivity index (χ0n) is 17.6. The Labute approximate surface area is 194 Å². The van der Waals surface area contributed by atoms with Crippen LogP contribution in [0.15, 0.2) is 53.4 Å². The van der Waals surface area contributed by atoms with Gasteiger partial charge in [-0.3, -0.25) is 29.4 Å². The Morgan fingerprint density at radius 2 is 1.79 bits per heavy atom. The molecular weight excluding hydrogens is 446 g/mol. The Balaban J connectivity index is 1.45. The van der Waals surface area contributed by atoms with Crippen LogP contribution < -0.4 is 4.74 Å². The first kappa shape index (κ1) is 22.5. The lowest BCUT2D eigenvalue weighted by Crippen LogP contribution is -2.40. The molecule has 0 radical (unpaired) electrons. The number of benzene rings is 2. The summed E-state index contributed by atoms with van der Waals surface area (Å²) in [5.41, 5.74) is 1.35. The van der Waals surface area contributed by atoms with E-state index in [9.17, 15) is 24.5 Å². The minimum absolute atomic E-state index is 0.00177. The highest BCUT2D eigenvalue weighted by atomic mass is 32.2. The molecule has 0 atom stereocenters. The van der Waals surface area contributed by atoms with E-state index in [1.54, 1.807) is 47.4 Å². The Hall–Kier alpha value is -3.66. The van der Waals surface area contributed by atoms with Gasteiger partial charge in [0.15, 0.2) is 0 Å². The molecule has 0 aromatic heterocycles. The fraction of sp³-hybridized carbons (Fsp3) is 0.261. The first-order valence-corrected chi connectivity index (χ1v) is 11.2. The normalized spacial score (nSPS) is 17.2. The molecule has 33 heavy (non-hydrogen) atoms. The molecule has 2 aromatic rings. The second-order valence-electron chi connectivity index (χ2n) is 7.61. The number of imide groups is 1. The van der Waals surface area contributed by atoms with E-state index in [-0.39, 0.29) is 29.7 Å². The molecular formula is C23H21N3O6S. The van der Waals surface area contributed by atoms with Crippen LogP contribution in [-0.2, 0) is 16.2 Å². The first-order valence-electron chi connectivity index (χ1n) is 10.4. The van der Waals surface area contributed by atoms with Crippen molar-refractivity contribution in [3.8, 4) is 5.75 Å². The number of hydrogen-bond acceptors (Lipinski definition) is 7. The van der Waals surface area contributed by atoms with Crippen LogP contribution >= 0.6 is 11.8 Å². The largest absolute Gasteiger partial charge is 0.488 e. The third-order valence-corrected chi connectivity index (χ3v) is 6.28. The quantitative estimate of drug-likeness (QED) is 0.346. The van der Waals surface area contributed by atoms with Crippen molar-refractivity contribution in [2.24, 2.45) is 0 Å². The summed E-state index contributed by atoms with van der Waals surface area (Å²) < 4.78 is 5.86. The van der Waals surface area contributed by atoms with E-state index in [1.165, 1.54) is 12.1 Å². The molecule has 9 nitrogen and oxygen atoms in total. The standard InChI is InChI=1S/C23H21N3O6S/c27-21(24-11-3-4-12-24)14-25-22(28)20(33-23(25)29)13-17-5-1-2-6-19(17)32-15-16-7-9-18(10-8-16)26(30)31/h1-2,5-10,13H,3-4,11-12,14-15H2/b20-13-. The van der Waals surface area contributed by atoms with Crippen molar-refractivity contribution in [3.05, 3.63) is 74.7 Å². The van der Waals surface area contributed by atoms with Crippen LogP contribution in [0.25, 0.3) is 6.08 Å². The van der Waals surface area contributed by atoms with Gasteiger partial charge in [0.1, 0.15) is 18.9 Å². The molecule has 2 aliphatic rings. The fourth-order valence-electron chi connectivity index (χ4n) is 3.59. The fourth-order valence-corrected chi connectivity index (χ4v) is 4.41. The zero-order chi connectivity index (χ0) is 23.4. The lowest BCUT2D eigenvalue weighted by atomic mass is 10.1. The lowest BCUT2D eigenvalue weighted by Gasteiger charge is -2.18. The summed E-state index contributed by atoms with van der Waals surface area (Å²) in [5.74, 6) is -0.221. The minimum atomic E-state index is -0.497. The van der Waals surface area contributed by atoms with Crippen molar-refractivity contribution in [1.29, 1.82) is 0 Å². The van der Waals surface area contributed by atoms with E-state index < -0.39 is 16.1 Å². The van der Waals surface area contributed by atoms with Gasteiger partial charge in [0.2, 0.25) is 5.91 Å². The summed E-state index contributed by atoms with van der Waals surface area (Å²) in [6.45, 7) is 1.24. The van der Waals surface area contributed by atoms with Gasteiger partial charge >= 0.3 is 0 Å². The van der Waals surface area contributed by atoms with Crippen molar-refractivity contribution < 1.29 is 24.0 Å². The number of thioether (sulfide) groups is 1. The summed E-state index contributed by atoms with van der Waals surface area (Å²) >= 11 is 0.797. The second kappa shape index (κ2) is 9.86. The molecule has 4 rings (SSSR count). The summed E-state index contributed by atoms with van der Waals surface area (Å²) in [6, 6.07) is 13.1. The smallest absolute Gasteiger partial charge is 0.294 e. The highest BCUT2D eigenvalue weighted by Crippen LogP contribution is 2.34. The molecule has 2 heterocycles. The van der Waals surface area contributed by atoms with E-state index in [0.717, 1.165) is 35.1 Å². The SMILES string of the molecule is O=C(CN1C(=O)S/C(=C\c2ccccc2OCc2ccc([N+](=O)[O-])cc2)C1=O)N1CCCC1. The number of para-hydroxylation sites is 1. The van der Waals surface area contributed by atoms with E-state index in [0.29, 0.717) is 24.4 Å². The van der Waals surface area contributed by atoms with Crippen molar-refractivity contribution in [3.63, 3.8) is 0 Å². The van der Waals surface area contributed by atoms with Crippen LogP contribution in [0.3, 0.4) is 0 Å². The monoisotopic (exact) mass is 467 g/mol. The highest BCUT2D eigenvalue weighted by molar-refractivity contribution is 8.18. The van der Waals surface area contributed by atoms with Crippen LogP contribution in [-0.4, -0.2) is 51.4 Å². The van der Waals surface area contributed by atoms with Gasteiger partial charge in [-0.1, -0.05) is 18.2 Å². The number of likely N-dealkylation sites (tertiary alicyclic amines) is 1. The highest BCUT2D eigenvalue weighted by Gasteiger charge is 2.37. The second-order valence-corrected chi connectivity index (χ2v) is 8.60. The topological polar surface area (TPSA) is 110 Å². The summed E-state index contributed by atoms with van der Waals surface area (Å²) in [5, 5.41) is 10.3. The number of nitro groups is 1. The van der Waals surface area contributed by atoms with Gasteiger partial charge in [-0.25, -0.2) is 0 Å². The van der Waals surface area contributed by atoms with Crippen molar-refractivity contribution in [1.82, 2.24) is 9.80 Å². The molecule has 0 bridgehead atoms. The van der Waals surface area contributed by atoms with E-state index in [4.69, 9.17) is 4.74 Å². The number of carbonyl (C=O) groups is 3. The molecule has 0 aliphatic carbocycles. The van der Waals surface area contributed by atoms with Gasteiger partial charge in [-0.05, 0) is 54.4 Å². The van der Waals surface area contributed by atoms with Crippen molar-refractivity contribution in [2.45, 2.75) is 19.4 Å². The third-order valence-electron chi connectivity index (χ3n) is 5.37.